The van der Waals surface area contributed by atoms with E-state index in [0.29, 0.717) is 19.6 Å². The fourth-order valence-electron chi connectivity index (χ4n) is 1.80. The largest absolute Gasteiger partial charge is 0.311 e. The van der Waals surface area contributed by atoms with Gasteiger partial charge in [-0.1, -0.05) is 24.0 Å². The maximum Gasteiger partial charge on any atom is 0.211 e. The molecule has 0 saturated carbocycles. The summed E-state index contributed by atoms with van der Waals surface area (Å²) >= 11 is 0. The lowest BCUT2D eigenvalue weighted by molar-refractivity contribution is 0.577. The van der Waals surface area contributed by atoms with Crippen LogP contribution in [0.5, 0.6) is 0 Å². The van der Waals surface area contributed by atoms with Crippen molar-refractivity contribution < 1.29 is 8.42 Å². The average Bonchev–Trinajstić information content (AvgIpc) is 3.07. The molecule has 122 valence electrons. The van der Waals surface area contributed by atoms with E-state index >= 15 is 0 Å². The molecule has 3 N–H and O–H groups in total. The summed E-state index contributed by atoms with van der Waals surface area (Å²) in [7, 11) is -3.11. The fourth-order valence-corrected chi connectivity index (χ4v) is 2.42. The van der Waals surface area contributed by atoms with Crippen molar-refractivity contribution >= 4 is 10.0 Å². The molecule has 0 aliphatic carbocycles. The van der Waals surface area contributed by atoms with Gasteiger partial charge in [0, 0.05) is 31.4 Å². The van der Waals surface area contributed by atoms with Crippen molar-refractivity contribution in [3.8, 4) is 11.8 Å². The summed E-state index contributed by atoms with van der Waals surface area (Å²) in [5.41, 5.74) is 2.91. The molecule has 0 saturated heterocycles. The molecule has 0 aliphatic heterocycles. The Balaban J connectivity index is 1.75. The average molecular weight is 332 g/mol. The van der Waals surface area contributed by atoms with Crippen LogP contribution in [0.4, 0.5) is 0 Å². The molecular weight excluding hydrogens is 312 g/mol. The zero-order chi connectivity index (χ0) is 16.5. The third-order valence-electron chi connectivity index (χ3n) is 3.14. The van der Waals surface area contributed by atoms with Crippen LogP contribution in [0, 0.1) is 11.8 Å². The molecule has 0 aliphatic rings. The highest BCUT2D eigenvalue weighted by molar-refractivity contribution is 7.89. The first-order valence-corrected chi connectivity index (χ1v) is 9.02. The summed E-state index contributed by atoms with van der Waals surface area (Å²) in [5.74, 6) is 6.19. The number of H-pyrrole nitrogens is 1. The summed E-state index contributed by atoms with van der Waals surface area (Å²) in [5, 5.41) is 9.75. The molecule has 2 aromatic rings. The summed E-state index contributed by atoms with van der Waals surface area (Å²) in [6.07, 6.45) is 3.43. The third kappa shape index (κ3) is 6.24. The highest BCUT2D eigenvalue weighted by atomic mass is 32.2. The number of benzene rings is 1. The lowest BCUT2D eigenvalue weighted by Gasteiger charge is -2.06. The minimum absolute atomic E-state index is 0.105. The molecule has 1 heterocycles. The highest BCUT2D eigenvalue weighted by Gasteiger charge is 2.03. The molecule has 1 aromatic carbocycles. The van der Waals surface area contributed by atoms with Crippen LogP contribution in [0.2, 0.25) is 0 Å². The van der Waals surface area contributed by atoms with E-state index in [0.717, 1.165) is 16.7 Å². The van der Waals surface area contributed by atoms with Crippen LogP contribution in [-0.2, 0) is 16.6 Å². The maximum atomic E-state index is 11.3. The normalized spacial score (nSPS) is 11.0. The minimum Gasteiger partial charge on any atom is -0.311 e. The molecule has 7 heteroatoms. The van der Waals surface area contributed by atoms with E-state index < -0.39 is 10.0 Å². The van der Waals surface area contributed by atoms with E-state index in [1.54, 1.807) is 19.3 Å². The SMILES string of the molecule is CCS(=O)(=O)NCCNCc1ccc(C#Cc2cn[nH]c2)cc1. The summed E-state index contributed by atoms with van der Waals surface area (Å²) in [6, 6.07) is 7.93. The molecule has 0 unspecified atom stereocenters. The van der Waals surface area contributed by atoms with Crippen molar-refractivity contribution in [3.05, 3.63) is 53.3 Å². The Morgan fingerprint density at radius 2 is 1.87 bits per heavy atom. The van der Waals surface area contributed by atoms with Crippen LogP contribution >= 0.6 is 0 Å². The van der Waals surface area contributed by atoms with Gasteiger partial charge in [0.1, 0.15) is 0 Å². The molecule has 2 rings (SSSR count). The quantitative estimate of drug-likeness (QED) is 0.518. The first-order chi connectivity index (χ1) is 11.1. The molecule has 23 heavy (non-hydrogen) atoms. The van der Waals surface area contributed by atoms with Gasteiger partial charge < -0.3 is 5.32 Å². The third-order valence-corrected chi connectivity index (χ3v) is 4.54. The highest BCUT2D eigenvalue weighted by Crippen LogP contribution is 2.03. The van der Waals surface area contributed by atoms with E-state index in [-0.39, 0.29) is 5.75 Å². The van der Waals surface area contributed by atoms with E-state index in [9.17, 15) is 8.42 Å². The zero-order valence-corrected chi connectivity index (χ0v) is 13.8. The first-order valence-electron chi connectivity index (χ1n) is 7.37. The lowest BCUT2D eigenvalue weighted by Crippen LogP contribution is -2.32. The summed E-state index contributed by atoms with van der Waals surface area (Å²) in [6.45, 7) is 3.28. The van der Waals surface area contributed by atoms with E-state index in [1.807, 2.05) is 24.3 Å². The molecule has 0 spiro atoms. The van der Waals surface area contributed by atoms with Gasteiger partial charge >= 0.3 is 0 Å². The van der Waals surface area contributed by atoms with Crippen LogP contribution in [-0.4, -0.2) is 37.5 Å². The number of nitrogens with one attached hydrogen (secondary N) is 3. The first kappa shape index (κ1) is 17.2. The van der Waals surface area contributed by atoms with Crippen LogP contribution in [0.25, 0.3) is 0 Å². The number of rotatable bonds is 7. The van der Waals surface area contributed by atoms with Gasteiger partial charge in [0.15, 0.2) is 0 Å². The Bertz CT molecular complexity index is 757. The maximum absolute atomic E-state index is 11.3. The molecule has 0 radical (unpaired) electrons. The molecule has 0 atom stereocenters. The van der Waals surface area contributed by atoms with Crippen molar-refractivity contribution in [2.24, 2.45) is 0 Å². The predicted molar refractivity (Wildman–Crippen MR) is 90.2 cm³/mol. The van der Waals surface area contributed by atoms with E-state index in [1.165, 1.54) is 0 Å². The number of hydrogen-bond acceptors (Lipinski definition) is 4. The predicted octanol–water partition coefficient (Wildman–Crippen LogP) is 0.838. The molecule has 6 nitrogen and oxygen atoms in total. The van der Waals surface area contributed by atoms with Crippen molar-refractivity contribution in [1.82, 2.24) is 20.2 Å². The Hall–Kier alpha value is -2.14. The summed E-state index contributed by atoms with van der Waals surface area (Å²) < 4.78 is 25.0. The van der Waals surface area contributed by atoms with E-state index in [4.69, 9.17) is 0 Å². The van der Waals surface area contributed by atoms with E-state index in [2.05, 4.69) is 32.1 Å². The Morgan fingerprint density at radius 3 is 2.52 bits per heavy atom. The zero-order valence-electron chi connectivity index (χ0n) is 13.0. The minimum atomic E-state index is -3.11. The lowest BCUT2D eigenvalue weighted by atomic mass is 10.1. The van der Waals surface area contributed by atoms with Crippen molar-refractivity contribution in [2.45, 2.75) is 13.5 Å². The Labute approximate surface area is 136 Å². The van der Waals surface area contributed by atoms with Gasteiger partial charge in [-0.25, -0.2) is 13.1 Å². The van der Waals surface area contributed by atoms with Crippen LogP contribution in [0.1, 0.15) is 23.6 Å². The summed E-state index contributed by atoms with van der Waals surface area (Å²) in [4.78, 5) is 0. The van der Waals surface area contributed by atoms with Gasteiger partial charge in [-0.3, -0.25) is 5.10 Å². The molecule has 0 fully saturated rings. The Kier molecular flexibility index (Phi) is 6.35. The van der Waals surface area contributed by atoms with Gasteiger partial charge in [0.2, 0.25) is 10.0 Å². The Morgan fingerprint density at radius 1 is 1.13 bits per heavy atom. The van der Waals surface area contributed by atoms with Crippen LogP contribution < -0.4 is 10.0 Å². The van der Waals surface area contributed by atoms with Gasteiger partial charge in [-0.15, -0.1) is 0 Å². The molecular formula is C16H20N4O2S. The topological polar surface area (TPSA) is 86.9 Å². The number of nitrogens with zero attached hydrogens (tertiary/aromatic N) is 1. The van der Waals surface area contributed by atoms with Crippen molar-refractivity contribution in [1.29, 1.82) is 0 Å². The number of aromatic nitrogens is 2. The second-order valence-electron chi connectivity index (χ2n) is 4.91. The second-order valence-corrected chi connectivity index (χ2v) is 7.00. The fraction of sp³-hybridized carbons (Fsp3) is 0.312. The number of sulfonamides is 1. The van der Waals surface area contributed by atoms with Gasteiger partial charge in [0.05, 0.1) is 17.5 Å². The monoisotopic (exact) mass is 332 g/mol. The van der Waals surface area contributed by atoms with Gasteiger partial charge in [0.25, 0.3) is 0 Å². The van der Waals surface area contributed by atoms with Crippen LogP contribution in [0.3, 0.4) is 0 Å². The molecule has 0 bridgehead atoms. The van der Waals surface area contributed by atoms with Gasteiger partial charge in [-0.2, -0.15) is 5.10 Å². The van der Waals surface area contributed by atoms with Crippen LogP contribution in [0.15, 0.2) is 36.7 Å². The second kappa shape index (κ2) is 8.48. The molecule has 1 aromatic heterocycles. The smallest absolute Gasteiger partial charge is 0.211 e. The number of aromatic amines is 1. The number of hydrogen-bond donors (Lipinski definition) is 3. The molecule has 0 amide bonds. The van der Waals surface area contributed by atoms with Crippen molar-refractivity contribution in [2.75, 3.05) is 18.8 Å². The standard InChI is InChI=1S/C16H20N4O2S/c1-2-23(21,22)20-10-9-17-11-15-6-3-14(4-7-15)5-8-16-12-18-19-13-16/h3-4,6-7,12-13,17,20H,2,9-11H2,1H3,(H,18,19). The van der Waals surface area contributed by atoms with Gasteiger partial charge in [-0.05, 0) is 24.6 Å². The van der Waals surface area contributed by atoms with Crippen molar-refractivity contribution in [3.63, 3.8) is 0 Å².